The molecule has 1 aliphatic rings. The number of ether oxygens (including phenoxy) is 1. The molecule has 1 aromatic rings. The molecule has 2 rings (SSSR count). The molecule has 0 saturated carbocycles. The van der Waals surface area contributed by atoms with Crippen molar-refractivity contribution < 1.29 is 9.53 Å². The summed E-state index contributed by atoms with van der Waals surface area (Å²) >= 11 is 0. The first-order valence-electron chi connectivity index (χ1n) is 10.3. The average Bonchev–Trinajstić information content (AvgIpc) is 3.00. The number of carbonyl (C=O) groups is 1. The van der Waals surface area contributed by atoms with Crippen LogP contribution in [0.15, 0.2) is 4.99 Å². The highest BCUT2D eigenvalue weighted by molar-refractivity contribution is 14.0. The number of nitrogens with zero attached hydrogens (tertiary/aromatic N) is 4. The Balaban J connectivity index is 0.00000392. The van der Waals surface area contributed by atoms with Crippen molar-refractivity contribution in [2.75, 3.05) is 26.2 Å². The number of nitrogens with one attached hydrogen (secondary N) is 1. The van der Waals surface area contributed by atoms with E-state index in [-0.39, 0.29) is 35.9 Å². The standard InChI is InChI=1S/C20H35N5O2.HI/c1-6-17-16(18(7-2)24(5)23-17)14-22-20(21-8-3)25-12-10-15(11-13-25)19(26)27-9-4;/h15H,6-14H2,1-5H3,(H,21,22);1H. The third-order valence-corrected chi connectivity index (χ3v) is 5.16. The smallest absolute Gasteiger partial charge is 0.309 e. The minimum atomic E-state index is -0.0605. The second kappa shape index (κ2) is 12.3. The van der Waals surface area contributed by atoms with Gasteiger partial charge in [-0.25, -0.2) is 4.99 Å². The van der Waals surface area contributed by atoms with Crippen molar-refractivity contribution in [2.24, 2.45) is 18.0 Å². The van der Waals surface area contributed by atoms with Crippen LogP contribution in [0.4, 0.5) is 0 Å². The van der Waals surface area contributed by atoms with E-state index in [9.17, 15) is 4.79 Å². The topological polar surface area (TPSA) is 71.8 Å². The van der Waals surface area contributed by atoms with Crippen molar-refractivity contribution in [2.45, 2.75) is 59.9 Å². The summed E-state index contributed by atoms with van der Waals surface area (Å²) in [7, 11) is 2.01. The summed E-state index contributed by atoms with van der Waals surface area (Å²) in [6.45, 7) is 11.8. The normalized spacial score (nSPS) is 15.3. The van der Waals surface area contributed by atoms with Gasteiger partial charge in [-0.1, -0.05) is 13.8 Å². The Hall–Kier alpha value is -1.32. The lowest BCUT2D eigenvalue weighted by Gasteiger charge is -2.33. The van der Waals surface area contributed by atoms with Crippen LogP contribution in [0.2, 0.25) is 0 Å². The Labute approximate surface area is 186 Å². The molecular formula is C20H36IN5O2. The van der Waals surface area contributed by atoms with Gasteiger partial charge in [-0.2, -0.15) is 5.10 Å². The van der Waals surface area contributed by atoms with Crippen LogP contribution in [0.25, 0.3) is 0 Å². The van der Waals surface area contributed by atoms with E-state index in [2.05, 4.69) is 36.1 Å². The lowest BCUT2D eigenvalue weighted by molar-refractivity contribution is -0.149. The fourth-order valence-electron chi connectivity index (χ4n) is 3.74. The van der Waals surface area contributed by atoms with Gasteiger partial charge in [0.05, 0.1) is 24.8 Å². The predicted molar refractivity (Wildman–Crippen MR) is 123 cm³/mol. The number of esters is 1. The minimum Gasteiger partial charge on any atom is -0.466 e. The first-order valence-corrected chi connectivity index (χ1v) is 10.3. The number of guanidine groups is 1. The molecule has 0 unspecified atom stereocenters. The monoisotopic (exact) mass is 505 g/mol. The number of likely N-dealkylation sites (tertiary alicyclic amines) is 1. The van der Waals surface area contributed by atoms with Gasteiger partial charge >= 0.3 is 5.97 Å². The van der Waals surface area contributed by atoms with Crippen molar-refractivity contribution in [3.8, 4) is 0 Å². The zero-order valence-corrected chi connectivity index (χ0v) is 20.3. The summed E-state index contributed by atoms with van der Waals surface area (Å²) < 4.78 is 7.16. The van der Waals surface area contributed by atoms with Gasteiger partial charge in [0.1, 0.15) is 0 Å². The molecule has 0 amide bonds. The van der Waals surface area contributed by atoms with Crippen LogP contribution in [-0.2, 0) is 36.0 Å². The summed E-state index contributed by atoms with van der Waals surface area (Å²) in [6, 6.07) is 0. The average molecular weight is 505 g/mol. The number of carbonyl (C=O) groups excluding carboxylic acids is 1. The largest absolute Gasteiger partial charge is 0.466 e. The Morgan fingerprint density at radius 1 is 1.21 bits per heavy atom. The highest BCUT2D eigenvalue weighted by atomic mass is 127. The number of hydrogen-bond donors (Lipinski definition) is 1. The Bertz CT molecular complexity index is 651. The number of halogens is 1. The molecule has 1 N–H and O–H groups in total. The van der Waals surface area contributed by atoms with E-state index in [1.807, 2.05) is 18.7 Å². The van der Waals surface area contributed by atoms with Crippen LogP contribution in [0.1, 0.15) is 57.5 Å². The molecule has 0 atom stereocenters. The first kappa shape index (κ1) is 24.7. The second-order valence-electron chi connectivity index (χ2n) is 6.89. The summed E-state index contributed by atoms with van der Waals surface area (Å²) in [5.41, 5.74) is 3.64. The van der Waals surface area contributed by atoms with Gasteiger partial charge in [-0.05, 0) is 39.5 Å². The van der Waals surface area contributed by atoms with Gasteiger partial charge in [0.15, 0.2) is 5.96 Å². The maximum atomic E-state index is 12.0. The van der Waals surface area contributed by atoms with E-state index < -0.39 is 0 Å². The van der Waals surface area contributed by atoms with E-state index >= 15 is 0 Å². The fraction of sp³-hybridized carbons (Fsp3) is 0.750. The van der Waals surface area contributed by atoms with Crippen molar-refractivity contribution >= 4 is 35.9 Å². The molecule has 28 heavy (non-hydrogen) atoms. The number of aryl methyl sites for hydroxylation is 2. The van der Waals surface area contributed by atoms with Crippen molar-refractivity contribution in [3.63, 3.8) is 0 Å². The molecule has 1 fully saturated rings. The van der Waals surface area contributed by atoms with E-state index in [0.29, 0.717) is 13.2 Å². The molecule has 2 heterocycles. The van der Waals surface area contributed by atoms with E-state index in [1.54, 1.807) is 0 Å². The second-order valence-corrected chi connectivity index (χ2v) is 6.89. The van der Waals surface area contributed by atoms with Gasteiger partial charge in [0, 0.05) is 37.9 Å². The Kier molecular flexibility index (Phi) is 10.8. The third-order valence-electron chi connectivity index (χ3n) is 5.16. The number of piperidine rings is 1. The zero-order valence-electron chi connectivity index (χ0n) is 18.0. The third kappa shape index (κ3) is 6.09. The van der Waals surface area contributed by atoms with Gasteiger partial charge < -0.3 is 15.0 Å². The molecule has 0 bridgehead atoms. The molecule has 8 heteroatoms. The maximum absolute atomic E-state index is 12.0. The van der Waals surface area contributed by atoms with Crippen molar-refractivity contribution in [3.05, 3.63) is 17.0 Å². The van der Waals surface area contributed by atoms with Crippen LogP contribution in [0.5, 0.6) is 0 Å². The molecule has 7 nitrogen and oxygen atoms in total. The minimum absolute atomic E-state index is 0. The predicted octanol–water partition coefficient (Wildman–Crippen LogP) is 2.90. The summed E-state index contributed by atoms with van der Waals surface area (Å²) in [6.07, 6.45) is 3.50. The van der Waals surface area contributed by atoms with Crippen molar-refractivity contribution in [1.82, 2.24) is 20.0 Å². The summed E-state index contributed by atoms with van der Waals surface area (Å²) in [4.78, 5) is 19.1. The SMILES string of the molecule is CCNC(=NCc1c(CC)nn(C)c1CC)N1CCC(C(=O)OCC)CC1.I. The van der Waals surface area contributed by atoms with Gasteiger partial charge in [0.2, 0.25) is 0 Å². The number of aromatic nitrogens is 2. The molecule has 160 valence electrons. The quantitative estimate of drug-likeness (QED) is 0.267. The van der Waals surface area contributed by atoms with Crippen LogP contribution in [-0.4, -0.2) is 52.9 Å². The van der Waals surface area contributed by atoms with Gasteiger partial charge in [-0.15, -0.1) is 24.0 Å². The lowest BCUT2D eigenvalue weighted by atomic mass is 9.97. The van der Waals surface area contributed by atoms with Crippen LogP contribution in [0.3, 0.4) is 0 Å². The molecule has 1 aliphatic heterocycles. The highest BCUT2D eigenvalue weighted by Gasteiger charge is 2.27. The first-order chi connectivity index (χ1) is 13.0. The van der Waals surface area contributed by atoms with E-state index in [4.69, 9.17) is 9.73 Å². The molecule has 0 aliphatic carbocycles. The Morgan fingerprint density at radius 3 is 2.43 bits per heavy atom. The van der Waals surface area contributed by atoms with Crippen molar-refractivity contribution in [1.29, 1.82) is 0 Å². The van der Waals surface area contributed by atoms with Crippen LogP contribution in [0, 0.1) is 5.92 Å². The highest BCUT2D eigenvalue weighted by Crippen LogP contribution is 2.20. The summed E-state index contributed by atoms with van der Waals surface area (Å²) in [5, 5.41) is 8.05. The molecule has 1 saturated heterocycles. The Morgan fingerprint density at radius 2 is 1.89 bits per heavy atom. The maximum Gasteiger partial charge on any atom is 0.309 e. The van der Waals surface area contributed by atoms with E-state index in [0.717, 1.165) is 57.0 Å². The zero-order chi connectivity index (χ0) is 19.8. The van der Waals surface area contributed by atoms with Gasteiger partial charge in [0.25, 0.3) is 0 Å². The molecule has 0 radical (unpaired) electrons. The lowest BCUT2D eigenvalue weighted by Crippen LogP contribution is -2.46. The van der Waals surface area contributed by atoms with E-state index in [1.165, 1.54) is 11.3 Å². The molecule has 0 spiro atoms. The summed E-state index contributed by atoms with van der Waals surface area (Å²) in [5.74, 6) is 0.878. The number of aliphatic imine (C=N–C) groups is 1. The molecular weight excluding hydrogens is 469 g/mol. The fourth-order valence-corrected chi connectivity index (χ4v) is 3.74. The van der Waals surface area contributed by atoms with Gasteiger partial charge in [-0.3, -0.25) is 9.48 Å². The van der Waals surface area contributed by atoms with Crippen LogP contribution >= 0.6 is 24.0 Å². The molecule has 1 aromatic heterocycles. The number of rotatable bonds is 7. The number of hydrogen-bond acceptors (Lipinski definition) is 4. The van der Waals surface area contributed by atoms with Crippen LogP contribution < -0.4 is 5.32 Å². The molecule has 0 aromatic carbocycles.